The summed E-state index contributed by atoms with van der Waals surface area (Å²) in [7, 11) is 4.55. The molecule has 190 valence electrons. The molecule has 4 aromatic rings. The quantitative estimate of drug-likeness (QED) is 0.135. The molecule has 0 unspecified atom stereocenters. The Labute approximate surface area is 225 Å². The van der Waals surface area contributed by atoms with Crippen LogP contribution < -0.4 is 25.2 Å². The number of methoxy groups -OCH3 is 3. The number of amides is 1. The average molecular weight is 583 g/mol. The molecular formula is C26H23BrN4O5S. The number of carbonyl (C=O) groups is 1. The van der Waals surface area contributed by atoms with Crippen LogP contribution in [-0.2, 0) is 4.79 Å². The first-order valence-electron chi connectivity index (χ1n) is 11.0. The second-order valence-electron chi connectivity index (χ2n) is 7.53. The smallest absolute Gasteiger partial charge is 0.266 e. The summed E-state index contributed by atoms with van der Waals surface area (Å²) in [5, 5.41) is 4.93. The molecule has 4 rings (SSSR count). The summed E-state index contributed by atoms with van der Waals surface area (Å²) in [6.45, 7) is 0. The van der Waals surface area contributed by atoms with E-state index in [9.17, 15) is 9.59 Å². The number of benzene rings is 3. The molecule has 1 N–H and O–H groups in total. The Kier molecular flexibility index (Phi) is 8.47. The molecule has 0 bridgehead atoms. The molecule has 0 aliphatic heterocycles. The van der Waals surface area contributed by atoms with Crippen LogP contribution in [0.3, 0.4) is 0 Å². The van der Waals surface area contributed by atoms with Crippen molar-refractivity contribution in [3.8, 4) is 22.9 Å². The summed E-state index contributed by atoms with van der Waals surface area (Å²) in [6, 6.07) is 17.9. The Balaban J connectivity index is 1.54. The number of nitrogens with one attached hydrogen (secondary N) is 1. The molecule has 37 heavy (non-hydrogen) atoms. The molecule has 3 aromatic carbocycles. The van der Waals surface area contributed by atoms with Crippen LogP contribution in [0.2, 0.25) is 0 Å². The van der Waals surface area contributed by atoms with E-state index >= 15 is 0 Å². The zero-order valence-corrected chi connectivity index (χ0v) is 22.6. The van der Waals surface area contributed by atoms with Gasteiger partial charge in [0.15, 0.2) is 16.7 Å². The van der Waals surface area contributed by atoms with E-state index in [2.05, 4.69) is 31.4 Å². The van der Waals surface area contributed by atoms with Crippen LogP contribution in [0.15, 0.2) is 80.2 Å². The Morgan fingerprint density at radius 1 is 1.03 bits per heavy atom. The van der Waals surface area contributed by atoms with Crippen LogP contribution in [0.1, 0.15) is 5.56 Å². The van der Waals surface area contributed by atoms with Crippen molar-refractivity contribution in [3.05, 3.63) is 81.1 Å². The molecular weight excluding hydrogens is 560 g/mol. The largest absolute Gasteiger partial charge is 0.493 e. The normalized spacial score (nSPS) is 11.0. The van der Waals surface area contributed by atoms with Gasteiger partial charge in [-0.25, -0.2) is 10.4 Å². The van der Waals surface area contributed by atoms with Crippen LogP contribution in [0.4, 0.5) is 0 Å². The summed E-state index contributed by atoms with van der Waals surface area (Å²) in [4.78, 5) is 30.5. The van der Waals surface area contributed by atoms with Gasteiger partial charge in [-0.3, -0.25) is 14.2 Å². The van der Waals surface area contributed by atoms with Gasteiger partial charge in [0.2, 0.25) is 5.75 Å². The van der Waals surface area contributed by atoms with E-state index in [0.717, 1.165) is 16.2 Å². The fraction of sp³-hybridized carbons (Fsp3) is 0.154. The summed E-state index contributed by atoms with van der Waals surface area (Å²) < 4.78 is 18.5. The number of carbonyl (C=O) groups excluding carboxylic acids is 1. The van der Waals surface area contributed by atoms with E-state index in [1.807, 2.05) is 30.3 Å². The van der Waals surface area contributed by atoms with Gasteiger partial charge in [0.25, 0.3) is 11.5 Å². The molecule has 0 atom stereocenters. The number of nitrogens with zero attached hydrogens (tertiary/aromatic N) is 3. The lowest BCUT2D eigenvalue weighted by molar-refractivity contribution is -0.118. The molecule has 1 amide bonds. The lowest BCUT2D eigenvalue weighted by atomic mass is 10.2. The van der Waals surface area contributed by atoms with Crippen molar-refractivity contribution in [2.45, 2.75) is 5.16 Å². The third-order valence-corrected chi connectivity index (χ3v) is 6.76. The predicted octanol–water partition coefficient (Wildman–Crippen LogP) is 4.42. The van der Waals surface area contributed by atoms with Crippen molar-refractivity contribution < 1.29 is 19.0 Å². The van der Waals surface area contributed by atoms with Gasteiger partial charge in [0, 0.05) is 10.0 Å². The van der Waals surface area contributed by atoms with Crippen molar-refractivity contribution in [1.82, 2.24) is 15.0 Å². The second kappa shape index (κ2) is 11.9. The number of thioether (sulfide) groups is 1. The van der Waals surface area contributed by atoms with Crippen LogP contribution in [0.25, 0.3) is 16.6 Å². The van der Waals surface area contributed by atoms with E-state index in [-0.39, 0.29) is 17.2 Å². The highest BCUT2D eigenvalue weighted by atomic mass is 79.9. The van der Waals surface area contributed by atoms with Gasteiger partial charge in [0.1, 0.15) is 0 Å². The lowest BCUT2D eigenvalue weighted by Gasteiger charge is -2.14. The SMILES string of the molecule is COc1ccc(/C=N/NC(=O)CSc2nc3ccccc3c(=O)n2-c2ccc(Br)cc2)c(OC)c1OC. The van der Waals surface area contributed by atoms with E-state index in [1.54, 1.807) is 30.3 Å². The Hall–Kier alpha value is -3.83. The van der Waals surface area contributed by atoms with E-state index in [1.165, 1.54) is 32.1 Å². The fourth-order valence-corrected chi connectivity index (χ4v) is 4.66. The minimum absolute atomic E-state index is 0.0122. The maximum absolute atomic E-state index is 13.3. The van der Waals surface area contributed by atoms with Crippen molar-refractivity contribution in [2.75, 3.05) is 27.1 Å². The molecule has 1 heterocycles. The molecule has 0 aliphatic carbocycles. The van der Waals surface area contributed by atoms with Gasteiger partial charge < -0.3 is 14.2 Å². The third-order valence-electron chi connectivity index (χ3n) is 5.29. The first kappa shape index (κ1) is 26.2. The number of ether oxygens (including phenoxy) is 3. The predicted molar refractivity (Wildman–Crippen MR) is 148 cm³/mol. The van der Waals surface area contributed by atoms with Gasteiger partial charge in [-0.1, -0.05) is 39.8 Å². The highest BCUT2D eigenvalue weighted by Crippen LogP contribution is 2.39. The third kappa shape index (κ3) is 5.78. The van der Waals surface area contributed by atoms with E-state index in [0.29, 0.717) is 44.6 Å². The van der Waals surface area contributed by atoms with Crippen molar-refractivity contribution in [1.29, 1.82) is 0 Å². The summed E-state index contributed by atoms with van der Waals surface area (Å²) in [6.07, 6.45) is 1.45. The lowest BCUT2D eigenvalue weighted by Crippen LogP contribution is -2.24. The average Bonchev–Trinajstić information content (AvgIpc) is 2.92. The number of fused-ring (bicyclic) bond motifs is 1. The van der Waals surface area contributed by atoms with Crippen molar-refractivity contribution >= 4 is 50.7 Å². The van der Waals surface area contributed by atoms with Gasteiger partial charge in [-0.05, 0) is 48.5 Å². The molecule has 0 saturated carbocycles. The van der Waals surface area contributed by atoms with E-state index < -0.39 is 0 Å². The maximum Gasteiger partial charge on any atom is 0.266 e. The zero-order chi connectivity index (χ0) is 26.4. The van der Waals surface area contributed by atoms with Gasteiger partial charge in [-0.15, -0.1) is 0 Å². The van der Waals surface area contributed by atoms with E-state index in [4.69, 9.17) is 14.2 Å². The number of hydrazone groups is 1. The van der Waals surface area contributed by atoms with Crippen LogP contribution in [0, 0.1) is 0 Å². The van der Waals surface area contributed by atoms with Gasteiger partial charge in [-0.2, -0.15) is 5.10 Å². The molecule has 0 aliphatic rings. The number of para-hydroxylation sites is 1. The molecule has 0 saturated heterocycles. The summed E-state index contributed by atoms with van der Waals surface area (Å²) in [5.74, 6) is 0.973. The summed E-state index contributed by atoms with van der Waals surface area (Å²) in [5.41, 5.74) is 4.08. The first-order chi connectivity index (χ1) is 18.0. The number of halogens is 1. The number of rotatable bonds is 9. The van der Waals surface area contributed by atoms with Crippen molar-refractivity contribution in [3.63, 3.8) is 0 Å². The zero-order valence-electron chi connectivity index (χ0n) is 20.2. The van der Waals surface area contributed by atoms with Gasteiger partial charge in [0.05, 0.1) is 49.9 Å². The van der Waals surface area contributed by atoms with Crippen molar-refractivity contribution in [2.24, 2.45) is 5.10 Å². The number of hydrogen-bond acceptors (Lipinski definition) is 8. The monoisotopic (exact) mass is 582 g/mol. The molecule has 1 aromatic heterocycles. The van der Waals surface area contributed by atoms with Gasteiger partial charge >= 0.3 is 0 Å². The first-order valence-corrected chi connectivity index (χ1v) is 12.8. The summed E-state index contributed by atoms with van der Waals surface area (Å²) >= 11 is 4.56. The maximum atomic E-state index is 13.3. The Bertz CT molecular complexity index is 1520. The fourth-order valence-electron chi connectivity index (χ4n) is 3.59. The second-order valence-corrected chi connectivity index (χ2v) is 9.39. The minimum atomic E-state index is -0.370. The highest BCUT2D eigenvalue weighted by molar-refractivity contribution is 9.10. The number of aromatic nitrogens is 2. The molecule has 0 radical (unpaired) electrons. The molecule has 0 fully saturated rings. The Morgan fingerprint density at radius 3 is 2.46 bits per heavy atom. The minimum Gasteiger partial charge on any atom is -0.493 e. The topological polar surface area (TPSA) is 104 Å². The standard InChI is InChI=1S/C26H23BrN4O5S/c1-34-21-13-8-16(23(35-2)24(21)36-3)14-28-30-22(32)15-37-26-29-20-7-5-4-6-19(20)25(33)31(26)18-11-9-17(27)10-12-18/h4-14H,15H2,1-3H3,(H,30,32)/b28-14+. The highest BCUT2D eigenvalue weighted by Gasteiger charge is 2.16. The molecule has 9 nitrogen and oxygen atoms in total. The molecule has 11 heteroatoms. The Morgan fingerprint density at radius 2 is 1.76 bits per heavy atom. The number of hydrogen-bond donors (Lipinski definition) is 1. The van der Waals surface area contributed by atoms with Crippen LogP contribution in [0.5, 0.6) is 17.2 Å². The van der Waals surface area contributed by atoms with Crippen LogP contribution in [-0.4, -0.2) is 48.8 Å². The van der Waals surface area contributed by atoms with Crippen LogP contribution >= 0.6 is 27.7 Å². The molecule has 0 spiro atoms.